The number of fused-ring (bicyclic) bond motifs is 1. The first kappa shape index (κ1) is 17.4. The summed E-state index contributed by atoms with van der Waals surface area (Å²) in [4.78, 5) is 20.8. The number of hydrogen-bond acceptors (Lipinski definition) is 5. The van der Waals surface area contributed by atoms with Crippen LogP contribution in [0.25, 0.3) is 10.8 Å². The normalized spacial score (nSPS) is 17.8. The number of carbonyl (C=O) groups is 1. The zero-order valence-electron chi connectivity index (χ0n) is 15.6. The van der Waals surface area contributed by atoms with Crippen molar-refractivity contribution in [2.75, 3.05) is 0 Å². The van der Waals surface area contributed by atoms with Crippen LogP contribution < -0.4 is 10.1 Å². The molecule has 29 heavy (non-hydrogen) atoms. The molecule has 0 saturated heterocycles. The molecule has 1 amide bonds. The van der Waals surface area contributed by atoms with E-state index in [4.69, 9.17) is 9.15 Å². The highest BCUT2D eigenvalue weighted by atomic mass is 16.5. The van der Waals surface area contributed by atoms with E-state index in [-0.39, 0.29) is 24.2 Å². The van der Waals surface area contributed by atoms with Gasteiger partial charge in [-0.2, -0.15) is 0 Å². The SMILES string of the molecule is O=C(N[C@@H]1C[C@H]1c1ccccc1)c1coc(COc2cccc3cnccc23)n1. The number of ether oxygens (including phenoxy) is 1. The van der Waals surface area contributed by atoms with Gasteiger partial charge in [0.25, 0.3) is 5.91 Å². The Hall–Kier alpha value is -3.67. The third kappa shape index (κ3) is 3.69. The van der Waals surface area contributed by atoms with Crippen LogP contribution in [0.3, 0.4) is 0 Å². The fraction of sp³-hybridized carbons (Fsp3) is 0.174. The summed E-state index contributed by atoms with van der Waals surface area (Å²) < 4.78 is 11.3. The van der Waals surface area contributed by atoms with Crippen molar-refractivity contribution in [3.63, 3.8) is 0 Å². The summed E-state index contributed by atoms with van der Waals surface area (Å²) in [5.74, 6) is 1.23. The molecule has 0 aliphatic heterocycles. The molecule has 1 fully saturated rings. The molecule has 2 heterocycles. The lowest BCUT2D eigenvalue weighted by atomic mass is 10.1. The Bertz CT molecular complexity index is 1150. The molecule has 0 spiro atoms. The Balaban J connectivity index is 1.20. The number of hydrogen-bond donors (Lipinski definition) is 1. The van der Waals surface area contributed by atoms with Gasteiger partial charge in [-0.3, -0.25) is 9.78 Å². The quantitative estimate of drug-likeness (QED) is 0.541. The molecule has 1 saturated carbocycles. The van der Waals surface area contributed by atoms with Crippen molar-refractivity contribution in [3.05, 3.63) is 90.4 Å². The highest BCUT2D eigenvalue weighted by Gasteiger charge is 2.39. The minimum atomic E-state index is -0.223. The fourth-order valence-electron chi connectivity index (χ4n) is 3.51. The molecule has 1 N–H and O–H groups in total. The van der Waals surface area contributed by atoms with Crippen molar-refractivity contribution in [2.24, 2.45) is 0 Å². The maximum absolute atomic E-state index is 12.5. The van der Waals surface area contributed by atoms with Gasteiger partial charge in [0, 0.05) is 35.1 Å². The molecule has 6 heteroatoms. The van der Waals surface area contributed by atoms with Gasteiger partial charge < -0.3 is 14.5 Å². The summed E-state index contributed by atoms with van der Waals surface area (Å²) >= 11 is 0. The van der Waals surface area contributed by atoms with Crippen LogP contribution in [0.2, 0.25) is 0 Å². The van der Waals surface area contributed by atoms with E-state index in [1.807, 2.05) is 42.5 Å². The van der Waals surface area contributed by atoms with E-state index < -0.39 is 0 Å². The van der Waals surface area contributed by atoms with E-state index in [1.165, 1.54) is 11.8 Å². The number of nitrogens with zero attached hydrogens (tertiary/aromatic N) is 2. The lowest BCUT2D eigenvalue weighted by molar-refractivity contribution is 0.0945. The standard InChI is InChI=1S/C23H19N3O3/c27-23(26-19-11-18(19)15-5-2-1-3-6-15)20-13-29-22(25-20)14-28-21-8-4-7-16-12-24-10-9-17(16)21/h1-10,12-13,18-19H,11,14H2,(H,26,27)/t18-,19+/m0/s1. The van der Waals surface area contributed by atoms with Gasteiger partial charge in [0.05, 0.1) is 0 Å². The summed E-state index contributed by atoms with van der Waals surface area (Å²) in [5, 5.41) is 4.98. The van der Waals surface area contributed by atoms with E-state index in [0.29, 0.717) is 11.8 Å². The first-order valence-electron chi connectivity index (χ1n) is 9.54. The number of oxazole rings is 1. The van der Waals surface area contributed by atoms with Crippen LogP contribution >= 0.6 is 0 Å². The molecule has 0 unspecified atom stereocenters. The van der Waals surface area contributed by atoms with Crippen LogP contribution in [-0.2, 0) is 6.61 Å². The molecular weight excluding hydrogens is 366 g/mol. The topological polar surface area (TPSA) is 77.2 Å². The number of aromatic nitrogens is 2. The lowest BCUT2D eigenvalue weighted by Gasteiger charge is -2.07. The van der Waals surface area contributed by atoms with Crippen molar-refractivity contribution < 1.29 is 13.9 Å². The zero-order valence-corrected chi connectivity index (χ0v) is 15.6. The van der Waals surface area contributed by atoms with Crippen molar-refractivity contribution in [1.29, 1.82) is 0 Å². The smallest absolute Gasteiger partial charge is 0.273 e. The van der Waals surface area contributed by atoms with Crippen LogP contribution in [0.5, 0.6) is 5.75 Å². The van der Waals surface area contributed by atoms with Gasteiger partial charge in [-0.1, -0.05) is 42.5 Å². The zero-order chi connectivity index (χ0) is 19.6. The molecule has 1 aliphatic carbocycles. The second-order valence-corrected chi connectivity index (χ2v) is 7.10. The Morgan fingerprint density at radius 2 is 2.03 bits per heavy atom. The molecule has 4 aromatic rings. The second-order valence-electron chi connectivity index (χ2n) is 7.10. The molecular formula is C23H19N3O3. The number of nitrogens with one attached hydrogen (secondary N) is 1. The average Bonchev–Trinajstić information content (AvgIpc) is 3.36. The van der Waals surface area contributed by atoms with E-state index in [0.717, 1.165) is 22.9 Å². The van der Waals surface area contributed by atoms with Gasteiger partial charge in [0.1, 0.15) is 12.0 Å². The molecule has 5 rings (SSSR count). The van der Waals surface area contributed by atoms with Gasteiger partial charge in [-0.05, 0) is 24.1 Å². The van der Waals surface area contributed by atoms with Gasteiger partial charge in [0.15, 0.2) is 12.3 Å². The van der Waals surface area contributed by atoms with Crippen LogP contribution in [0.4, 0.5) is 0 Å². The largest absolute Gasteiger partial charge is 0.483 e. The van der Waals surface area contributed by atoms with Crippen LogP contribution in [0, 0.1) is 0 Å². The van der Waals surface area contributed by atoms with Crippen LogP contribution in [0.15, 0.2) is 77.7 Å². The molecule has 2 aromatic heterocycles. The first-order chi connectivity index (χ1) is 14.3. The highest BCUT2D eigenvalue weighted by molar-refractivity contribution is 5.92. The van der Waals surface area contributed by atoms with Gasteiger partial charge in [-0.15, -0.1) is 0 Å². The third-order valence-corrected chi connectivity index (χ3v) is 5.11. The monoisotopic (exact) mass is 385 g/mol. The predicted octanol–water partition coefficient (Wildman–Crippen LogP) is 4.09. The summed E-state index contributed by atoms with van der Waals surface area (Å²) in [6, 6.07) is 18.0. The van der Waals surface area contributed by atoms with E-state index in [9.17, 15) is 4.79 Å². The predicted molar refractivity (Wildman–Crippen MR) is 108 cm³/mol. The summed E-state index contributed by atoms with van der Waals surface area (Å²) in [6.07, 6.45) is 5.83. The Kier molecular flexibility index (Phi) is 4.44. The minimum absolute atomic E-state index is 0.144. The number of rotatable bonds is 6. The summed E-state index contributed by atoms with van der Waals surface area (Å²) in [7, 11) is 0. The van der Waals surface area contributed by atoms with Gasteiger partial charge in [0.2, 0.25) is 5.89 Å². The van der Waals surface area contributed by atoms with Gasteiger partial charge in [-0.25, -0.2) is 4.98 Å². The molecule has 2 atom stereocenters. The Morgan fingerprint density at radius 3 is 2.93 bits per heavy atom. The number of amides is 1. The first-order valence-corrected chi connectivity index (χ1v) is 9.54. The Morgan fingerprint density at radius 1 is 1.14 bits per heavy atom. The second kappa shape index (κ2) is 7.39. The van der Waals surface area contributed by atoms with Crippen molar-refractivity contribution >= 4 is 16.7 Å². The third-order valence-electron chi connectivity index (χ3n) is 5.11. The summed E-state index contributed by atoms with van der Waals surface area (Å²) in [5.41, 5.74) is 1.52. The number of pyridine rings is 1. The molecule has 0 bridgehead atoms. The highest BCUT2D eigenvalue weighted by Crippen LogP contribution is 2.40. The van der Waals surface area contributed by atoms with E-state index >= 15 is 0 Å². The molecule has 2 aromatic carbocycles. The van der Waals surface area contributed by atoms with Gasteiger partial charge >= 0.3 is 0 Å². The van der Waals surface area contributed by atoms with Crippen molar-refractivity contribution in [2.45, 2.75) is 25.0 Å². The molecule has 0 radical (unpaired) electrons. The van der Waals surface area contributed by atoms with Crippen LogP contribution in [-0.4, -0.2) is 21.9 Å². The van der Waals surface area contributed by atoms with Crippen molar-refractivity contribution in [3.8, 4) is 5.75 Å². The minimum Gasteiger partial charge on any atom is -0.483 e. The number of benzene rings is 2. The number of carbonyl (C=O) groups excluding carboxylic acids is 1. The maximum atomic E-state index is 12.5. The van der Waals surface area contributed by atoms with E-state index in [1.54, 1.807) is 12.4 Å². The fourth-order valence-corrected chi connectivity index (χ4v) is 3.51. The molecule has 1 aliphatic rings. The van der Waals surface area contributed by atoms with E-state index in [2.05, 4.69) is 27.4 Å². The average molecular weight is 385 g/mol. The lowest BCUT2D eigenvalue weighted by Crippen LogP contribution is -2.26. The summed E-state index contributed by atoms with van der Waals surface area (Å²) in [6.45, 7) is 0.144. The maximum Gasteiger partial charge on any atom is 0.273 e. The van der Waals surface area contributed by atoms with Crippen LogP contribution in [0.1, 0.15) is 34.3 Å². The Labute approximate surface area is 167 Å². The molecule has 144 valence electrons. The molecule has 6 nitrogen and oxygen atoms in total. The van der Waals surface area contributed by atoms with Crippen molar-refractivity contribution in [1.82, 2.24) is 15.3 Å².